The molecule has 3 aromatic heterocycles. The van der Waals surface area contributed by atoms with E-state index in [0.717, 1.165) is 22.7 Å². The lowest BCUT2D eigenvalue weighted by molar-refractivity contribution is 0.0914. The van der Waals surface area contributed by atoms with Gasteiger partial charge in [0.1, 0.15) is 17.5 Å². The number of nitrogens with two attached hydrogens (primary N) is 1. The number of Topliss-reactive ketones (excluding diaryl/α,β-unsaturated/α-hetero) is 1. The number of hydrogen-bond acceptors (Lipinski definition) is 9. The summed E-state index contributed by atoms with van der Waals surface area (Å²) < 4.78 is 11.2. The number of amides is 2. The molecule has 5 rings (SSSR count). The van der Waals surface area contributed by atoms with Crippen LogP contribution in [0.15, 0.2) is 72.4 Å². The molecule has 0 aliphatic carbocycles. The molecule has 5 aromatic rings. The van der Waals surface area contributed by atoms with Crippen LogP contribution in [0.4, 0.5) is 0 Å². The van der Waals surface area contributed by atoms with Crippen LogP contribution in [0.25, 0.3) is 16.9 Å². The molecule has 0 unspecified atom stereocenters. The molecule has 0 saturated heterocycles. The molecule has 222 valence electrons. The number of carbonyl (C=O) groups is 3. The summed E-state index contributed by atoms with van der Waals surface area (Å²) in [5.74, 6) is -0.898. The first-order valence-corrected chi connectivity index (χ1v) is 14.7. The molecule has 0 spiro atoms. The van der Waals surface area contributed by atoms with Gasteiger partial charge in [-0.05, 0) is 73.6 Å². The van der Waals surface area contributed by atoms with Gasteiger partial charge in [-0.25, -0.2) is 4.98 Å². The largest absolute Gasteiger partial charge is 0.490 e. The molecular formula is C32H29N7O4S. The van der Waals surface area contributed by atoms with Crippen LogP contribution >= 0.6 is 11.5 Å². The Hall–Kier alpha value is -5.41. The minimum atomic E-state index is -0.550. The summed E-state index contributed by atoms with van der Waals surface area (Å²) in [5.41, 5.74) is 9.70. The standard InChI is InChI=1S/C32H29N7O4S/c1-19(2)43-29-10-9-23(14-24(29)15-33)28(40)13-21(16-35-32(42)27-18-44-38-37-27)12-20-5-7-22(8-6-20)26-17-39-11-3-4-25(30(34)41)31(39)36-26/h3-11,14,17-19,21H,12-13,16H2,1-2H3,(H2,34,41)(H,35,42)/t21-/m1/s1. The van der Waals surface area contributed by atoms with Crippen LogP contribution in [0, 0.1) is 17.2 Å². The number of nitriles is 1. The van der Waals surface area contributed by atoms with Crippen molar-refractivity contribution in [2.45, 2.75) is 32.8 Å². The monoisotopic (exact) mass is 607 g/mol. The molecule has 2 aromatic carbocycles. The van der Waals surface area contributed by atoms with Crippen LogP contribution in [-0.4, -0.2) is 49.2 Å². The molecule has 44 heavy (non-hydrogen) atoms. The minimum absolute atomic E-state index is 0.115. The number of hydrogen-bond donors (Lipinski definition) is 2. The molecule has 12 heteroatoms. The summed E-state index contributed by atoms with van der Waals surface area (Å²) in [6.45, 7) is 3.96. The molecule has 3 N–H and O–H groups in total. The van der Waals surface area contributed by atoms with E-state index in [-0.39, 0.29) is 47.9 Å². The Labute approximate surface area is 257 Å². The first-order valence-electron chi connectivity index (χ1n) is 13.9. The SMILES string of the molecule is CC(C)Oc1ccc(C(=O)C[C@H](CNC(=O)c2csnn2)Cc2ccc(-c3cn4cccc(C(N)=O)c4n3)cc2)cc1C#N. The van der Waals surface area contributed by atoms with Crippen LogP contribution in [0.2, 0.25) is 0 Å². The molecule has 0 saturated carbocycles. The lowest BCUT2D eigenvalue weighted by atomic mass is 9.91. The zero-order valence-electron chi connectivity index (χ0n) is 24.1. The van der Waals surface area contributed by atoms with Crippen molar-refractivity contribution in [3.05, 3.63) is 100 Å². The van der Waals surface area contributed by atoms with Crippen molar-refractivity contribution >= 4 is 34.8 Å². The van der Waals surface area contributed by atoms with E-state index in [2.05, 4.69) is 26.0 Å². The maximum atomic E-state index is 13.4. The fourth-order valence-corrected chi connectivity index (χ4v) is 5.26. The fraction of sp³-hybridized carbons (Fsp3) is 0.219. The van der Waals surface area contributed by atoms with Gasteiger partial charge in [0.2, 0.25) is 0 Å². The normalized spacial score (nSPS) is 11.7. The minimum Gasteiger partial charge on any atom is -0.490 e. The van der Waals surface area contributed by atoms with Gasteiger partial charge in [0.15, 0.2) is 11.5 Å². The summed E-state index contributed by atoms with van der Waals surface area (Å²) in [4.78, 5) is 42.4. The maximum absolute atomic E-state index is 13.4. The van der Waals surface area contributed by atoms with Crippen molar-refractivity contribution in [1.29, 1.82) is 5.26 Å². The van der Waals surface area contributed by atoms with Gasteiger partial charge in [0.05, 0.1) is 22.9 Å². The van der Waals surface area contributed by atoms with E-state index in [1.165, 1.54) is 0 Å². The summed E-state index contributed by atoms with van der Waals surface area (Å²) in [6, 6.07) is 18.1. The zero-order chi connectivity index (χ0) is 31.2. The van der Waals surface area contributed by atoms with E-state index in [0.29, 0.717) is 34.6 Å². The van der Waals surface area contributed by atoms with Gasteiger partial charge < -0.3 is 20.2 Å². The summed E-state index contributed by atoms with van der Waals surface area (Å²) in [6.07, 6.45) is 4.15. The molecule has 0 fully saturated rings. The quantitative estimate of drug-likeness (QED) is 0.196. The molecule has 0 aliphatic heterocycles. The average molecular weight is 608 g/mol. The number of ketones is 1. The second kappa shape index (κ2) is 13.3. The van der Waals surface area contributed by atoms with Crippen LogP contribution in [0.1, 0.15) is 62.6 Å². The Bertz CT molecular complexity index is 1860. The highest BCUT2D eigenvalue weighted by Gasteiger charge is 2.20. The van der Waals surface area contributed by atoms with Gasteiger partial charge in [0.25, 0.3) is 11.8 Å². The third kappa shape index (κ3) is 6.96. The molecule has 2 amide bonds. The van der Waals surface area contributed by atoms with E-state index in [1.807, 2.05) is 44.3 Å². The van der Waals surface area contributed by atoms with Gasteiger partial charge >= 0.3 is 0 Å². The van der Waals surface area contributed by atoms with Crippen molar-refractivity contribution in [1.82, 2.24) is 24.3 Å². The third-order valence-electron chi connectivity index (χ3n) is 6.92. The maximum Gasteiger partial charge on any atom is 0.272 e. The molecular weight excluding hydrogens is 578 g/mol. The number of nitrogens with zero attached hydrogens (tertiary/aromatic N) is 5. The van der Waals surface area contributed by atoms with Crippen LogP contribution in [0.5, 0.6) is 5.75 Å². The lowest BCUT2D eigenvalue weighted by Crippen LogP contribution is -2.31. The van der Waals surface area contributed by atoms with E-state index in [1.54, 1.807) is 46.3 Å². The highest BCUT2D eigenvalue weighted by molar-refractivity contribution is 7.03. The number of carbonyl (C=O) groups excluding carboxylic acids is 3. The van der Waals surface area contributed by atoms with Gasteiger partial charge in [-0.1, -0.05) is 28.8 Å². The predicted octanol–water partition coefficient (Wildman–Crippen LogP) is 4.47. The Morgan fingerprint density at radius 3 is 2.61 bits per heavy atom. The molecule has 0 bridgehead atoms. The highest BCUT2D eigenvalue weighted by Crippen LogP contribution is 2.25. The molecule has 11 nitrogen and oxygen atoms in total. The van der Waals surface area contributed by atoms with Crippen molar-refractivity contribution < 1.29 is 19.1 Å². The summed E-state index contributed by atoms with van der Waals surface area (Å²) in [5, 5.41) is 17.9. The van der Waals surface area contributed by atoms with Crippen LogP contribution in [-0.2, 0) is 6.42 Å². The summed E-state index contributed by atoms with van der Waals surface area (Å²) in [7, 11) is 0. The smallest absolute Gasteiger partial charge is 0.272 e. The van der Waals surface area contributed by atoms with Gasteiger partial charge in [-0.2, -0.15) is 5.26 Å². The third-order valence-corrected chi connectivity index (χ3v) is 7.43. The zero-order valence-corrected chi connectivity index (χ0v) is 24.9. The Balaban J connectivity index is 1.34. The second-order valence-electron chi connectivity index (χ2n) is 10.5. The molecule has 0 aliphatic rings. The Morgan fingerprint density at radius 1 is 1.14 bits per heavy atom. The van der Waals surface area contributed by atoms with Crippen molar-refractivity contribution in [2.24, 2.45) is 11.7 Å². The van der Waals surface area contributed by atoms with Crippen molar-refractivity contribution in [3.8, 4) is 23.1 Å². The van der Waals surface area contributed by atoms with Gasteiger partial charge in [0, 0.05) is 41.9 Å². The number of pyridine rings is 1. The van der Waals surface area contributed by atoms with E-state index in [9.17, 15) is 19.6 Å². The number of ether oxygens (including phenoxy) is 1. The molecule has 0 radical (unpaired) electrons. The van der Waals surface area contributed by atoms with Crippen LogP contribution in [0.3, 0.4) is 0 Å². The van der Waals surface area contributed by atoms with Crippen molar-refractivity contribution in [2.75, 3.05) is 6.54 Å². The predicted molar refractivity (Wildman–Crippen MR) is 164 cm³/mol. The number of aromatic nitrogens is 4. The number of nitrogens with one attached hydrogen (secondary N) is 1. The second-order valence-corrected chi connectivity index (χ2v) is 11.1. The van der Waals surface area contributed by atoms with Crippen molar-refractivity contribution in [3.63, 3.8) is 0 Å². The highest BCUT2D eigenvalue weighted by atomic mass is 32.1. The Kier molecular flexibility index (Phi) is 9.06. The van der Waals surface area contributed by atoms with E-state index in [4.69, 9.17) is 10.5 Å². The fourth-order valence-electron chi connectivity index (χ4n) is 4.82. The first kappa shape index (κ1) is 30.1. The van der Waals surface area contributed by atoms with E-state index >= 15 is 0 Å². The Morgan fingerprint density at radius 2 is 1.93 bits per heavy atom. The lowest BCUT2D eigenvalue weighted by Gasteiger charge is -2.18. The number of imidazole rings is 1. The van der Waals surface area contributed by atoms with Crippen LogP contribution < -0.4 is 15.8 Å². The number of rotatable bonds is 12. The number of benzene rings is 2. The number of primary amides is 1. The first-order chi connectivity index (χ1) is 21.2. The topological polar surface area (TPSA) is 165 Å². The summed E-state index contributed by atoms with van der Waals surface area (Å²) >= 11 is 1.08. The average Bonchev–Trinajstić information content (AvgIpc) is 3.71. The van der Waals surface area contributed by atoms with Gasteiger partial charge in [-0.3, -0.25) is 14.4 Å². The van der Waals surface area contributed by atoms with E-state index < -0.39 is 5.91 Å². The molecule has 3 heterocycles. The van der Waals surface area contributed by atoms with Gasteiger partial charge in [-0.15, -0.1) is 5.10 Å². The number of fused-ring (bicyclic) bond motifs is 1. The molecule has 1 atom stereocenters.